The zero-order valence-electron chi connectivity index (χ0n) is 16.0. The zero-order valence-corrected chi connectivity index (χ0v) is 16.0. The third kappa shape index (κ3) is 7.46. The molecule has 0 heterocycles. The lowest BCUT2D eigenvalue weighted by atomic mass is 10.0. The molecule has 2 rings (SSSR count). The van der Waals surface area contributed by atoms with Crippen LogP contribution in [0.25, 0.3) is 0 Å². The van der Waals surface area contributed by atoms with E-state index in [1.54, 1.807) is 0 Å². The molecule has 0 radical (unpaired) electrons. The van der Waals surface area contributed by atoms with Crippen molar-refractivity contribution in [2.24, 2.45) is 0 Å². The number of aryl methyl sites for hydroxylation is 2. The molecule has 2 aromatic rings. The molecular formula is C26H28. The Morgan fingerprint density at radius 2 is 1.19 bits per heavy atom. The summed E-state index contributed by atoms with van der Waals surface area (Å²) in [5.41, 5.74) is 4.83. The van der Waals surface area contributed by atoms with Crippen LogP contribution in [-0.4, -0.2) is 0 Å². The summed E-state index contributed by atoms with van der Waals surface area (Å²) in [6, 6.07) is 17.0. The van der Waals surface area contributed by atoms with Gasteiger partial charge in [0.25, 0.3) is 0 Å². The van der Waals surface area contributed by atoms with Crippen LogP contribution in [0.15, 0.2) is 60.7 Å². The van der Waals surface area contributed by atoms with Gasteiger partial charge in [0.15, 0.2) is 0 Å². The molecule has 0 aliphatic rings. The van der Waals surface area contributed by atoms with Crippen LogP contribution in [0, 0.1) is 23.7 Å². The highest BCUT2D eigenvalue weighted by Crippen LogP contribution is 2.09. The Morgan fingerprint density at radius 1 is 0.654 bits per heavy atom. The van der Waals surface area contributed by atoms with E-state index in [1.165, 1.54) is 43.2 Å². The summed E-state index contributed by atoms with van der Waals surface area (Å²) < 4.78 is 0. The van der Waals surface area contributed by atoms with Crippen molar-refractivity contribution in [3.05, 3.63) is 82.9 Å². The van der Waals surface area contributed by atoms with Gasteiger partial charge in [-0.15, -0.1) is 0 Å². The molecule has 0 saturated carbocycles. The fraction of sp³-hybridized carbons (Fsp3) is 0.308. The number of benzene rings is 2. The quantitative estimate of drug-likeness (QED) is 0.426. The summed E-state index contributed by atoms with van der Waals surface area (Å²) in [5.74, 6) is 12.4. The average Bonchev–Trinajstić information content (AvgIpc) is 2.69. The van der Waals surface area contributed by atoms with E-state index < -0.39 is 0 Å². The molecule has 0 saturated heterocycles. The first kappa shape index (κ1) is 19.6. The lowest BCUT2D eigenvalue weighted by Crippen LogP contribution is -1.86. The van der Waals surface area contributed by atoms with Gasteiger partial charge in [-0.3, -0.25) is 0 Å². The molecule has 0 fully saturated rings. The molecule has 0 aliphatic heterocycles. The van der Waals surface area contributed by atoms with Crippen LogP contribution in [0.1, 0.15) is 61.8 Å². The molecule has 0 heteroatoms. The van der Waals surface area contributed by atoms with E-state index in [0.717, 1.165) is 17.5 Å². The van der Waals surface area contributed by atoms with Crippen LogP contribution in [0.2, 0.25) is 0 Å². The Balaban J connectivity index is 1.81. The maximum atomic E-state index is 3.16. The van der Waals surface area contributed by atoms with Crippen molar-refractivity contribution < 1.29 is 0 Å². The van der Waals surface area contributed by atoms with Gasteiger partial charge in [-0.2, -0.15) is 0 Å². The fourth-order valence-corrected chi connectivity index (χ4v) is 2.67. The molecule has 0 N–H and O–H groups in total. The molecule has 0 bridgehead atoms. The predicted molar refractivity (Wildman–Crippen MR) is 113 cm³/mol. The summed E-state index contributed by atoms with van der Waals surface area (Å²) in [5, 5.41) is 0. The molecular weight excluding hydrogens is 312 g/mol. The second kappa shape index (κ2) is 11.8. The summed E-state index contributed by atoms with van der Waals surface area (Å²) in [7, 11) is 0. The van der Waals surface area contributed by atoms with Gasteiger partial charge in [0.05, 0.1) is 0 Å². The molecule has 0 amide bonds. The lowest BCUT2D eigenvalue weighted by Gasteiger charge is -2.01. The second-order valence-electron chi connectivity index (χ2n) is 6.43. The van der Waals surface area contributed by atoms with Gasteiger partial charge >= 0.3 is 0 Å². The van der Waals surface area contributed by atoms with Crippen LogP contribution < -0.4 is 0 Å². The minimum Gasteiger partial charge on any atom is -0.0689 e. The Kier molecular flexibility index (Phi) is 8.89. The highest BCUT2D eigenvalue weighted by atomic mass is 14.0. The van der Waals surface area contributed by atoms with Crippen molar-refractivity contribution in [2.45, 2.75) is 52.4 Å². The van der Waals surface area contributed by atoms with Crippen LogP contribution >= 0.6 is 0 Å². The number of hydrogen-bond acceptors (Lipinski definition) is 0. The van der Waals surface area contributed by atoms with Gasteiger partial charge in [0.1, 0.15) is 0 Å². The standard InChI is InChI=1S/C26H28/c1-3-5-6-9-12-25-19-21-26(22-20-25)14-11-8-7-10-13-24-17-15-23(4-2)16-18-24/h7-8,15-22H,3-6,9,12H2,1-2H3. The summed E-state index contributed by atoms with van der Waals surface area (Å²) in [6.07, 6.45) is 11.1. The number of unbranched alkanes of at least 4 members (excludes halogenated alkanes) is 3. The van der Waals surface area contributed by atoms with Crippen molar-refractivity contribution in [2.75, 3.05) is 0 Å². The van der Waals surface area contributed by atoms with Gasteiger partial charge in [0.2, 0.25) is 0 Å². The molecule has 0 nitrogen and oxygen atoms in total. The molecule has 0 aliphatic carbocycles. The van der Waals surface area contributed by atoms with Crippen molar-refractivity contribution >= 4 is 0 Å². The summed E-state index contributed by atoms with van der Waals surface area (Å²) in [6.45, 7) is 4.40. The normalized spacial score (nSPS) is 10.1. The first-order chi connectivity index (χ1) is 12.8. The Labute approximate surface area is 159 Å². The van der Waals surface area contributed by atoms with Crippen molar-refractivity contribution in [1.82, 2.24) is 0 Å². The fourth-order valence-electron chi connectivity index (χ4n) is 2.67. The van der Waals surface area contributed by atoms with E-state index in [2.05, 4.69) is 86.1 Å². The van der Waals surface area contributed by atoms with Gasteiger partial charge in [-0.05, 0) is 66.8 Å². The van der Waals surface area contributed by atoms with E-state index in [4.69, 9.17) is 0 Å². The predicted octanol–water partition coefficient (Wildman–Crippen LogP) is 6.33. The SMILES string of the molecule is CCCCCCc1ccc(C#CC=CC#Cc2ccc(CC)cc2)cc1. The molecule has 0 aromatic heterocycles. The van der Waals surface area contributed by atoms with Crippen molar-refractivity contribution in [3.8, 4) is 23.7 Å². The Hall–Kier alpha value is -2.70. The van der Waals surface area contributed by atoms with Crippen LogP contribution in [-0.2, 0) is 12.8 Å². The molecule has 2 aromatic carbocycles. The number of hydrogen-bond donors (Lipinski definition) is 0. The number of allylic oxidation sites excluding steroid dienone is 2. The molecule has 132 valence electrons. The second-order valence-corrected chi connectivity index (χ2v) is 6.43. The van der Waals surface area contributed by atoms with Gasteiger partial charge in [0, 0.05) is 11.1 Å². The van der Waals surface area contributed by atoms with Crippen molar-refractivity contribution in [1.29, 1.82) is 0 Å². The average molecular weight is 341 g/mol. The molecule has 26 heavy (non-hydrogen) atoms. The molecule has 0 atom stereocenters. The lowest BCUT2D eigenvalue weighted by molar-refractivity contribution is 0.667. The Bertz CT molecular complexity index is 797. The first-order valence-corrected chi connectivity index (χ1v) is 9.67. The van der Waals surface area contributed by atoms with E-state index in [-0.39, 0.29) is 0 Å². The third-order valence-corrected chi connectivity index (χ3v) is 4.32. The van der Waals surface area contributed by atoms with Crippen molar-refractivity contribution in [3.63, 3.8) is 0 Å². The first-order valence-electron chi connectivity index (χ1n) is 9.67. The van der Waals surface area contributed by atoms with Gasteiger partial charge in [-0.25, -0.2) is 0 Å². The third-order valence-electron chi connectivity index (χ3n) is 4.32. The van der Waals surface area contributed by atoms with E-state index in [0.29, 0.717) is 0 Å². The van der Waals surface area contributed by atoms with E-state index in [1.807, 2.05) is 12.2 Å². The Morgan fingerprint density at radius 3 is 1.69 bits per heavy atom. The van der Waals surface area contributed by atoms with E-state index in [9.17, 15) is 0 Å². The summed E-state index contributed by atoms with van der Waals surface area (Å²) >= 11 is 0. The minimum absolute atomic E-state index is 1.04. The highest BCUT2D eigenvalue weighted by Gasteiger charge is 1.93. The van der Waals surface area contributed by atoms with Gasteiger partial charge in [-0.1, -0.05) is 81.1 Å². The van der Waals surface area contributed by atoms with Crippen LogP contribution in [0.3, 0.4) is 0 Å². The molecule has 0 unspecified atom stereocenters. The van der Waals surface area contributed by atoms with Crippen LogP contribution in [0.5, 0.6) is 0 Å². The zero-order chi connectivity index (χ0) is 18.5. The summed E-state index contributed by atoms with van der Waals surface area (Å²) in [4.78, 5) is 0. The maximum Gasteiger partial charge on any atom is 0.0249 e. The monoisotopic (exact) mass is 340 g/mol. The minimum atomic E-state index is 1.04. The maximum absolute atomic E-state index is 3.16. The highest BCUT2D eigenvalue weighted by molar-refractivity contribution is 5.41. The smallest absolute Gasteiger partial charge is 0.0249 e. The molecule has 0 spiro atoms. The number of rotatable bonds is 6. The largest absolute Gasteiger partial charge is 0.0689 e. The van der Waals surface area contributed by atoms with E-state index >= 15 is 0 Å². The van der Waals surface area contributed by atoms with Gasteiger partial charge < -0.3 is 0 Å². The van der Waals surface area contributed by atoms with Crippen LogP contribution in [0.4, 0.5) is 0 Å². The topological polar surface area (TPSA) is 0 Å².